The van der Waals surface area contributed by atoms with E-state index in [9.17, 15) is 0 Å². The van der Waals surface area contributed by atoms with Crippen molar-refractivity contribution in [1.82, 2.24) is 10.3 Å². The van der Waals surface area contributed by atoms with E-state index in [1.807, 2.05) is 11.3 Å². The van der Waals surface area contributed by atoms with Gasteiger partial charge in [-0.2, -0.15) is 0 Å². The highest BCUT2D eigenvalue weighted by atomic mass is 32.1. The molecule has 4 heteroatoms. The molecule has 1 N–H and O–H groups in total. The largest absolute Gasteiger partial charge is 0.345 e. The first kappa shape index (κ1) is 13.4. The van der Waals surface area contributed by atoms with Crippen molar-refractivity contribution in [3.63, 3.8) is 0 Å². The molecule has 3 rings (SSSR count). The Morgan fingerprint density at radius 3 is 2.95 bits per heavy atom. The molecule has 0 spiro atoms. The first-order chi connectivity index (χ1) is 9.38. The minimum absolute atomic E-state index is 0.778. The summed E-state index contributed by atoms with van der Waals surface area (Å²) in [5, 5.41) is 6.85. The molecule has 1 aromatic heterocycles. The van der Waals surface area contributed by atoms with Gasteiger partial charge in [-0.3, -0.25) is 0 Å². The maximum atomic E-state index is 4.83. The number of nitrogens with zero attached hydrogens (tertiary/aromatic N) is 2. The molecule has 0 amide bonds. The summed E-state index contributed by atoms with van der Waals surface area (Å²) in [5.74, 6) is 0.934. The third-order valence-corrected chi connectivity index (χ3v) is 5.51. The lowest BCUT2D eigenvalue weighted by Gasteiger charge is -2.29. The van der Waals surface area contributed by atoms with Gasteiger partial charge in [0, 0.05) is 24.5 Å². The number of rotatable bonds is 5. The predicted octanol–water partition coefficient (Wildman–Crippen LogP) is 3.41. The highest BCUT2D eigenvalue weighted by Gasteiger charge is 2.34. The van der Waals surface area contributed by atoms with Crippen LogP contribution in [0, 0.1) is 5.92 Å². The highest BCUT2D eigenvalue weighted by molar-refractivity contribution is 7.13. The lowest BCUT2D eigenvalue weighted by Crippen LogP contribution is -2.34. The summed E-state index contributed by atoms with van der Waals surface area (Å²) in [6, 6.07) is 0.778. The van der Waals surface area contributed by atoms with Gasteiger partial charge >= 0.3 is 0 Å². The van der Waals surface area contributed by atoms with E-state index in [0.717, 1.165) is 25.0 Å². The van der Waals surface area contributed by atoms with Gasteiger partial charge in [0.05, 0.1) is 5.69 Å². The smallest absolute Gasteiger partial charge is 0.185 e. The van der Waals surface area contributed by atoms with Gasteiger partial charge in [0.1, 0.15) is 0 Å². The van der Waals surface area contributed by atoms with E-state index in [4.69, 9.17) is 4.98 Å². The molecular formula is C15H25N3S. The topological polar surface area (TPSA) is 28.2 Å². The van der Waals surface area contributed by atoms with Crippen LogP contribution in [0.2, 0.25) is 0 Å². The third kappa shape index (κ3) is 2.95. The Balaban J connectivity index is 1.67. The number of hydrogen-bond donors (Lipinski definition) is 1. The Morgan fingerprint density at radius 1 is 1.32 bits per heavy atom. The first-order valence-electron chi connectivity index (χ1n) is 7.80. The van der Waals surface area contributed by atoms with E-state index in [0.29, 0.717) is 0 Å². The monoisotopic (exact) mass is 279 g/mol. The predicted molar refractivity (Wildman–Crippen MR) is 81.8 cm³/mol. The second-order valence-corrected chi connectivity index (χ2v) is 6.69. The van der Waals surface area contributed by atoms with Crippen LogP contribution in [0.1, 0.15) is 51.1 Å². The van der Waals surface area contributed by atoms with Crippen LogP contribution < -0.4 is 10.2 Å². The van der Waals surface area contributed by atoms with Gasteiger partial charge in [-0.05, 0) is 38.1 Å². The van der Waals surface area contributed by atoms with Crippen molar-refractivity contribution < 1.29 is 0 Å². The summed E-state index contributed by atoms with van der Waals surface area (Å²) in [7, 11) is 0. The summed E-state index contributed by atoms with van der Waals surface area (Å²) < 4.78 is 0. The fourth-order valence-corrected chi connectivity index (χ4v) is 4.53. The molecule has 1 unspecified atom stereocenters. The Labute approximate surface area is 120 Å². The van der Waals surface area contributed by atoms with Crippen LogP contribution in [0.4, 0.5) is 5.13 Å². The molecule has 0 radical (unpaired) electrons. The van der Waals surface area contributed by atoms with Gasteiger partial charge in [0.2, 0.25) is 0 Å². The van der Waals surface area contributed by atoms with Crippen molar-refractivity contribution in [3.05, 3.63) is 11.1 Å². The van der Waals surface area contributed by atoms with Crippen molar-refractivity contribution in [2.24, 2.45) is 5.92 Å². The second kappa shape index (κ2) is 6.23. The number of hydrogen-bond acceptors (Lipinski definition) is 4. The molecule has 2 fully saturated rings. The van der Waals surface area contributed by atoms with Gasteiger partial charge in [-0.15, -0.1) is 11.3 Å². The number of thiazole rings is 1. The van der Waals surface area contributed by atoms with Crippen LogP contribution in [0.25, 0.3) is 0 Å². The van der Waals surface area contributed by atoms with Crippen LogP contribution in [0.5, 0.6) is 0 Å². The molecule has 1 saturated carbocycles. The minimum Gasteiger partial charge on any atom is -0.345 e. The molecule has 2 aliphatic rings. The second-order valence-electron chi connectivity index (χ2n) is 5.85. The lowest BCUT2D eigenvalue weighted by molar-refractivity contribution is 0.430. The molecule has 0 aromatic carbocycles. The minimum atomic E-state index is 0.778. The zero-order chi connectivity index (χ0) is 13.1. The SMILES string of the molecule is CCNCc1csc(N2CCCC2C2CCCC2)n1. The quantitative estimate of drug-likeness (QED) is 0.895. The Hall–Kier alpha value is -0.610. The van der Waals surface area contributed by atoms with E-state index in [1.54, 1.807) is 0 Å². The summed E-state index contributed by atoms with van der Waals surface area (Å²) in [4.78, 5) is 7.44. The van der Waals surface area contributed by atoms with E-state index >= 15 is 0 Å². The highest BCUT2D eigenvalue weighted by Crippen LogP contribution is 2.38. The van der Waals surface area contributed by atoms with Gasteiger partial charge in [0.25, 0.3) is 0 Å². The third-order valence-electron chi connectivity index (χ3n) is 4.58. The Morgan fingerprint density at radius 2 is 2.16 bits per heavy atom. The molecule has 19 heavy (non-hydrogen) atoms. The molecule has 1 saturated heterocycles. The summed E-state index contributed by atoms with van der Waals surface area (Å²) in [5.41, 5.74) is 1.21. The van der Waals surface area contributed by atoms with Crippen LogP contribution >= 0.6 is 11.3 Å². The summed E-state index contributed by atoms with van der Waals surface area (Å²) in [6.07, 6.45) is 8.50. The standard InChI is InChI=1S/C15H25N3S/c1-2-16-10-13-11-19-15(17-13)18-9-5-8-14(18)12-6-3-4-7-12/h11-12,14,16H,2-10H2,1H3. The van der Waals surface area contributed by atoms with Crippen LogP contribution in [0.15, 0.2) is 5.38 Å². The van der Waals surface area contributed by atoms with E-state index < -0.39 is 0 Å². The average Bonchev–Trinajstić information content (AvgIpc) is 3.14. The average molecular weight is 279 g/mol. The maximum absolute atomic E-state index is 4.83. The van der Waals surface area contributed by atoms with Gasteiger partial charge in [-0.1, -0.05) is 19.8 Å². The van der Waals surface area contributed by atoms with Gasteiger partial charge < -0.3 is 10.2 Å². The van der Waals surface area contributed by atoms with Crippen LogP contribution in [-0.2, 0) is 6.54 Å². The van der Waals surface area contributed by atoms with Gasteiger partial charge in [-0.25, -0.2) is 4.98 Å². The van der Waals surface area contributed by atoms with Crippen LogP contribution in [-0.4, -0.2) is 24.1 Å². The Kier molecular flexibility index (Phi) is 4.38. The van der Waals surface area contributed by atoms with Gasteiger partial charge in [0.15, 0.2) is 5.13 Å². The first-order valence-corrected chi connectivity index (χ1v) is 8.68. The summed E-state index contributed by atoms with van der Waals surface area (Å²) >= 11 is 1.83. The fourth-order valence-electron chi connectivity index (χ4n) is 3.62. The molecule has 0 bridgehead atoms. The number of nitrogens with one attached hydrogen (secondary N) is 1. The molecule has 1 aliphatic heterocycles. The molecule has 106 valence electrons. The molecule has 1 atom stereocenters. The normalized spacial score (nSPS) is 24.5. The molecular weight excluding hydrogens is 254 g/mol. The van der Waals surface area contributed by atoms with Crippen molar-refractivity contribution in [2.45, 2.75) is 58.0 Å². The fraction of sp³-hybridized carbons (Fsp3) is 0.800. The molecule has 3 nitrogen and oxygen atoms in total. The van der Waals surface area contributed by atoms with E-state index in [1.165, 1.54) is 55.9 Å². The van der Waals surface area contributed by atoms with Crippen molar-refractivity contribution in [2.75, 3.05) is 18.0 Å². The number of anilines is 1. The van der Waals surface area contributed by atoms with Crippen molar-refractivity contribution >= 4 is 16.5 Å². The van der Waals surface area contributed by atoms with Crippen molar-refractivity contribution in [3.8, 4) is 0 Å². The lowest BCUT2D eigenvalue weighted by atomic mass is 9.96. The van der Waals surface area contributed by atoms with E-state index in [-0.39, 0.29) is 0 Å². The van der Waals surface area contributed by atoms with Crippen LogP contribution in [0.3, 0.4) is 0 Å². The van der Waals surface area contributed by atoms with E-state index in [2.05, 4.69) is 22.5 Å². The Bertz CT molecular complexity index is 398. The zero-order valence-electron chi connectivity index (χ0n) is 11.9. The summed E-state index contributed by atoms with van der Waals surface area (Å²) in [6.45, 7) is 5.29. The van der Waals surface area contributed by atoms with Crippen molar-refractivity contribution in [1.29, 1.82) is 0 Å². The molecule has 1 aromatic rings. The molecule has 2 heterocycles. The zero-order valence-corrected chi connectivity index (χ0v) is 12.7. The molecule has 1 aliphatic carbocycles. The number of aromatic nitrogens is 1. The maximum Gasteiger partial charge on any atom is 0.185 e.